The number of fused-ring (bicyclic) bond motifs is 1. The zero-order chi connectivity index (χ0) is 19.7. The Kier molecular flexibility index (Phi) is 4.65. The lowest BCUT2D eigenvalue weighted by Gasteiger charge is -2.20. The van der Waals surface area contributed by atoms with Crippen LogP contribution in [0.2, 0.25) is 0 Å². The molecule has 0 fully saturated rings. The van der Waals surface area contributed by atoms with Crippen molar-refractivity contribution in [3.05, 3.63) is 77.9 Å². The van der Waals surface area contributed by atoms with Crippen LogP contribution in [0.4, 0.5) is 0 Å². The lowest BCUT2D eigenvalue weighted by molar-refractivity contribution is -0.132. The number of nitrogens with zero attached hydrogens (tertiary/aromatic N) is 2. The van der Waals surface area contributed by atoms with Crippen molar-refractivity contribution in [2.24, 2.45) is 5.10 Å². The summed E-state index contributed by atoms with van der Waals surface area (Å²) in [5, 5.41) is 7.93. The molecule has 0 aliphatic carbocycles. The van der Waals surface area contributed by atoms with Gasteiger partial charge < -0.3 is 4.74 Å². The van der Waals surface area contributed by atoms with E-state index >= 15 is 0 Å². The monoisotopic (exact) mass is 372 g/mol. The Morgan fingerprint density at radius 2 is 1.68 bits per heavy atom. The highest BCUT2D eigenvalue weighted by atomic mass is 16.5. The maximum Gasteiger partial charge on any atom is 0.308 e. The van der Waals surface area contributed by atoms with Crippen LogP contribution in [0.25, 0.3) is 10.8 Å². The highest BCUT2D eigenvalue weighted by Crippen LogP contribution is 2.37. The number of carbonyl (C=O) groups is 2. The Bertz CT molecular complexity index is 1090. The molecule has 0 N–H and O–H groups in total. The van der Waals surface area contributed by atoms with E-state index in [0.29, 0.717) is 12.2 Å². The molecule has 1 amide bonds. The van der Waals surface area contributed by atoms with Gasteiger partial charge in [-0.05, 0) is 17.0 Å². The number of hydrogen-bond donors (Lipinski definition) is 0. The summed E-state index contributed by atoms with van der Waals surface area (Å²) in [6.45, 7) is 2.90. The largest absolute Gasteiger partial charge is 0.425 e. The van der Waals surface area contributed by atoms with Crippen LogP contribution >= 0.6 is 0 Å². The Balaban J connectivity index is 1.82. The first kappa shape index (κ1) is 17.9. The Morgan fingerprint density at radius 1 is 0.964 bits per heavy atom. The first-order valence-corrected chi connectivity index (χ1v) is 9.17. The minimum absolute atomic E-state index is 0.126. The highest BCUT2D eigenvalue weighted by Gasteiger charge is 2.32. The van der Waals surface area contributed by atoms with E-state index in [4.69, 9.17) is 4.74 Å². The van der Waals surface area contributed by atoms with Gasteiger partial charge in [-0.25, -0.2) is 5.01 Å². The quantitative estimate of drug-likeness (QED) is 0.504. The van der Waals surface area contributed by atoms with E-state index < -0.39 is 0 Å². The molecule has 0 unspecified atom stereocenters. The molecular formula is C23H20N2O3. The van der Waals surface area contributed by atoms with Crippen molar-refractivity contribution in [3.8, 4) is 5.75 Å². The predicted molar refractivity (Wildman–Crippen MR) is 108 cm³/mol. The normalized spacial score (nSPS) is 16.1. The summed E-state index contributed by atoms with van der Waals surface area (Å²) < 4.78 is 5.58. The summed E-state index contributed by atoms with van der Waals surface area (Å²) in [5.41, 5.74) is 2.48. The van der Waals surface area contributed by atoms with Gasteiger partial charge in [-0.1, -0.05) is 60.7 Å². The molecule has 0 bridgehead atoms. The fourth-order valence-corrected chi connectivity index (χ4v) is 3.62. The Labute approximate surface area is 163 Å². The molecule has 0 saturated heterocycles. The van der Waals surface area contributed by atoms with Crippen LogP contribution in [-0.2, 0) is 9.59 Å². The molecule has 3 aromatic carbocycles. The van der Waals surface area contributed by atoms with E-state index in [1.54, 1.807) is 0 Å². The van der Waals surface area contributed by atoms with Crippen LogP contribution < -0.4 is 4.74 Å². The van der Waals surface area contributed by atoms with Gasteiger partial charge in [-0.2, -0.15) is 5.10 Å². The van der Waals surface area contributed by atoms with Crippen LogP contribution in [0, 0.1) is 0 Å². The summed E-state index contributed by atoms with van der Waals surface area (Å²) in [4.78, 5) is 24.0. The van der Waals surface area contributed by atoms with Crippen molar-refractivity contribution in [2.75, 3.05) is 0 Å². The first-order valence-electron chi connectivity index (χ1n) is 9.17. The molecule has 1 heterocycles. The fourth-order valence-electron chi connectivity index (χ4n) is 3.62. The SMILES string of the molecule is CC(=O)Oc1c(C2=NN(C(C)=O)[C@H](c3ccccc3)C2)ccc2ccccc12. The topological polar surface area (TPSA) is 59.0 Å². The second-order valence-corrected chi connectivity index (χ2v) is 6.80. The van der Waals surface area contributed by atoms with E-state index in [1.807, 2.05) is 66.7 Å². The molecule has 1 aliphatic rings. The fraction of sp³-hybridized carbons (Fsp3) is 0.174. The molecule has 28 heavy (non-hydrogen) atoms. The van der Waals surface area contributed by atoms with E-state index in [1.165, 1.54) is 18.9 Å². The first-order chi connectivity index (χ1) is 13.5. The molecule has 5 heteroatoms. The third kappa shape index (κ3) is 3.27. The molecule has 0 aromatic heterocycles. The predicted octanol–water partition coefficient (Wildman–Crippen LogP) is 4.46. The van der Waals surface area contributed by atoms with Crippen LogP contribution in [0.3, 0.4) is 0 Å². The van der Waals surface area contributed by atoms with E-state index in [9.17, 15) is 9.59 Å². The number of ether oxygens (including phenoxy) is 1. The molecular weight excluding hydrogens is 352 g/mol. The lowest BCUT2D eigenvalue weighted by Crippen LogP contribution is -2.24. The van der Waals surface area contributed by atoms with Gasteiger partial charge in [0.15, 0.2) is 0 Å². The molecule has 1 atom stereocenters. The molecule has 0 radical (unpaired) electrons. The van der Waals surface area contributed by atoms with Gasteiger partial charge in [0, 0.05) is 31.2 Å². The van der Waals surface area contributed by atoms with Crippen LogP contribution in [0.15, 0.2) is 71.8 Å². The third-order valence-electron chi connectivity index (χ3n) is 4.85. The summed E-state index contributed by atoms with van der Waals surface area (Å²) in [6.07, 6.45) is 0.552. The van der Waals surface area contributed by atoms with E-state index in [0.717, 1.165) is 27.6 Å². The van der Waals surface area contributed by atoms with E-state index in [-0.39, 0.29) is 17.9 Å². The van der Waals surface area contributed by atoms with Crippen molar-refractivity contribution >= 4 is 28.4 Å². The third-order valence-corrected chi connectivity index (χ3v) is 4.85. The van der Waals surface area contributed by atoms with Crippen molar-refractivity contribution < 1.29 is 14.3 Å². The number of rotatable bonds is 3. The zero-order valence-electron chi connectivity index (χ0n) is 15.8. The number of benzene rings is 3. The second kappa shape index (κ2) is 7.27. The van der Waals surface area contributed by atoms with Gasteiger partial charge in [0.2, 0.25) is 5.91 Å². The van der Waals surface area contributed by atoms with Gasteiger partial charge in [0.25, 0.3) is 0 Å². The number of amides is 1. The molecule has 0 spiro atoms. The minimum Gasteiger partial charge on any atom is -0.425 e. The average Bonchev–Trinajstić information content (AvgIpc) is 3.14. The summed E-state index contributed by atoms with van der Waals surface area (Å²) >= 11 is 0. The van der Waals surface area contributed by atoms with Crippen LogP contribution in [0.5, 0.6) is 5.75 Å². The highest BCUT2D eigenvalue weighted by molar-refractivity contribution is 6.09. The van der Waals surface area contributed by atoms with Gasteiger partial charge >= 0.3 is 5.97 Å². The lowest BCUT2D eigenvalue weighted by atomic mass is 9.96. The molecule has 4 rings (SSSR count). The number of hydrogen-bond acceptors (Lipinski definition) is 4. The molecule has 1 aliphatic heterocycles. The zero-order valence-corrected chi connectivity index (χ0v) is 15.8. The van der Waals surface area contributed by atoms with Crippen molar-refractivity contribution in [1.82, 2.24) is 5.01 Å². The summed E-state index contributed by atoms with van der Waals surface area (Å²) in [5.74, 6) is -0.0283. The Hall–Kier alpha value is -3.47. The van der Waals surface area contributed by atoms with Crippen molar-refractivity contribution in [3.63, 3.8) is 0 Å². The molecule has 0 saturated carbocycles. The van der Waals surface area contributed by atoms with Crippen LogP contribution in [-0.4, -0.2) is 22.6 Å². The standard InChI is InChI=1S/C23H20N2O3/c1-15(26)25-22(18-9-4-3-5-10-18)14-21(24-25)20-13-12-17-8-6-7-11-19(17)23(20)28-16(2)27/h3-13,22H,14H2,1-2H3/t22-/m0/s1. The Morgan fingerprint density at radius 3 is 2.39 bits per heavy atom. The summed E-state index contributed by atoms with van der Waals surface area (Å²) in [6, 6.07) is 21.3. The maximum absolute atomic E-state index is 12.2. The second-order valence-electron chi connectivity index (χ2n) is 6.80. The number of carbonyl (C=O) groups excluding carboxylic acids is 2. The van der Waals surface area contributed by atoms with Gasteiger partial charge in [0.05, 0.1) is 11.8 Å². The van der Waals surface area contributed by atoms with Gasteiger partial charge in [-0.15, -0.1) is 0 Å². The van der Waals surface area contributed by atoms with Crippen molar-refractivity contribution in [1.29, 1.82) is 0 Å². The minimum atomic E-state index is -0.390. The number of esters is 1. The molecule has 5 nitrogen and oxygen atoms in total. The van der Waals surface area contributed by atoms with Crippen LogP contribution in [0.1, 0.15) is 37.4 Å². The van der Waals surface area contributed by atoms with Gasteiger partial charge in [0.1, 0.15) is 5.75 Å². The molecule has 3 aromatic rings. The van der Waals surface area contributed by atoms with Gasteiger partial charge in [-0.3, -0.25) is 9.59 Å². The molecule has 140 valence electrons. The average molecular weight is 372 g/mol. The van der Waals surface area contributed by atoms with Crippen molar-refractivity contribution in [2.45, 2.75) is 26.3 Å². The summed E-state index contributed by atoms with van der Waals surface area (Å²) in [7, 11) is 0. The van der Waals surface area contributed by atoms with E-state index in [2.05, 4.69) is 5.10 Å². The number of hydrazone groups is 1. The maximum atomic E-state index is 12.2. The smallest absolute Gasteiger partial charge is 0.308 e.